The van der Waals surface area contributed by atoms with Gasteiger partial charge in [-0.3, -0.25) is 9.69 Å². The minimum atomic E-state index is -0.328. The Kier molecular flexibility index (Phi) is 4.60. The van der Waals surface area contributed by atoms with Gasteiger partial charge in [0, 0.05) is 7.05 Å². The zero-order valence-corrected chi connectivity index (χ0v) is 15.2. The number of halogens is 1. The standard InChI is InChI=1S/C20H15FN2O3S/c1-23(20-22-16-4-2-3-5-18(16)27-20)19(24)17-11-10-15(26-17)12-25-14-8-6-13(21)7-9-14/h2-11H,12H2,1H3. The number of hydrogen-bond donors (Lipinski definition) is 0. The van der Waals surface area contributed by atoms with Gasteiger partial charge in [0.2, 0.25) is 0 Å². The SMILES string of the molecule is CN(C(=O)c1ccc(COc2ccc(F)cc2)o1)c1nc2ccccc2s1. The van der Waals surface area contributed by atoms with Crippen LogP contribution in [0.3, 0.4) is 0 Å². The van der Waals surface area contributed by atoms with Crippen molar-refractivity contribution in [1.82, 2.24) is 4.98 Å². The summed E-state index contributed by atoms with van der Waals surface area (Å²) in [5.41, 5.74) is 0.852. The highest BCUT2D eigenvalue weighted by molar-refractivity contribution is 7.22. The second-order valence-electron chi connectivity index (χ2n) is 5.84. The maximum Gasteiger partial charge on any atom is 0.295 e. The van der Waals surface area contributed by atoms with Gasteiger partial charge in [0.05, 0.1) is 10.2 Å². The molecule has 27 heavy (non-hydrogen) atoms. The molecular formula is C20H15FN2O3S. The van der Waals surface area contributed by atoms with Crippen LogP contribution in [0, 0.1) is 5.82 Å². The van der Waals surface area contributed by atoms with Crippen molar-refractivity contribution in [3.63, 3.8) is 0 Å². The van der Waals surface area contributed by atoms with Crippen LogP contribution in [0.4, 0.5) is 9.52 Å². The van der Waals surface area contributed by atoms with E-state index in [1.165, 1.54) is 40.5 Å². The van der Waals surface area contributed by atoms with E-state index in [4.69, 9.17) is 9.15 Å². The molecule has 5 nitrogen and oxygen atoms in total. The lowest BCUT2D eigenvalue weighted by atomic mass is 10.3. The number of rotatable bonds is 5. The molecule has 0 fully saturated rings. The number of carbonyl (C=O) groups is 1. The highest BCUT2D eigenvalue weighted by atomic mass is 32.1. The average Bonchev–Trinajstić information content (AvgIpc) is 3.33. The van der Waals surface area contributed by atoms with Crippen molar-refractivity contribution in [2.24, 2.45) is 0 Å². The van der Waals surface area contributed by atoms with E-state index in [0.717, 1.165) is 10.2 Å². The van der Waals surface area contributed by atoms with Crippen LogP contribution >= 0.6 is 11.3 Å². The topological polar surface area (TPSA) is 55.6 Å². The molecule has 4 aromatic rings. The number of amides is 1. The largest absolute Gasteiger partial charge is 0.486 e. The summed E-state index contributed by atoms with van der Waals surface area (Å²) < 4.78 is 25.0. The minimum absolute atomic E-state index is 0.143. The summed E-state index contributed by atoms with van der Waals surface area (Å²) >= 11 is 1.44. The lowest BCUT2D eigenvalue weighted by Gasteiger charge is -2.11. The van der Waals surface area contributed by atoms with Gasteiger partial charge < -0.3 is 9.15 Å². The van der Waals surface area contributed by atoms with Crippen LogP contribution in [0.2, 0.25) is 0 Å². The molecule has 0 spiro atoms. The van der Waals surface area contributed by atoms with E-state index in [1.807, 2.05) is 24.3 Å². The van der Waals surface area contributed by atoms with Crippen LogP contribution in [0.1, 0.15) is 16.3 Å². The number of aromatic nitrogens is 1. The molecule has 1 amide bonds. The Balaban J connectivity index is 1.45. The van der Waals surface area contributed by atoms with Gasteiger partial charge in [-0.2, -0.15) is 0 Å². The highest BCUT2D eigenvalue weighted by Gasteiger charge is 2.20. The Morgan fingerprint density at radius 1 is 1.15 bits per heavy atom. The van der Waals surface area contributed by atoms with Gasteiger partial charge in [0.25, 0.3) is 5.91 Å². The summed E-state index contributed by atoms with van der Waals surface area (Å²) in [6.07, 6.45) is 0. The fourth-order valence-corrected chi connectivity index (χ4v) is 3.44. The minimum Gasteiger partial charge on any atom is -0.486 e. The van der Waals surface area contributed by atoms with Crippen LogP contribution < -0.4 is 9.64 Å². The molecule has 2 aromatic heterocycles. The van der Waals surface area contributed by atoms with Crippen LogP contribution in [0.15, 0.2) is 65.1 Å². The predicted octanol–water partition coefficient (Wildman–Crippen LogP) is 4.88. The normalized spacial score (nSPS) is 10.9. The van der Waals surface area contributed by atoms with Crippen molar-refractivity contribution < 1.29 is 18.3 Å². The Morgan fingerprint density at radius 3 is 2.70 bits per heavy atom. The lowest BCUT2D eigenvalue weighted by Crippen LogP contribution is -2.25. The van der Waals surface area contributed by atoms with Gasteiger partial charge in [0.1, 0.15) is 23.9 Å². The Hall–Kier alpha value is -3.19. The van der Waals surface area contributed by atoms with E-state index in [-0.39, 0.29) is 24.1 Å². The molecule has 0 saturated heterocycles. The van der Waals surface area contributed by atoms with Crippen LogP contribution in [-0.2, 0) is 6.61 Å². The quantitative estimate of drug-likeness (QED) is 0.493. The molecule has 7 heteroatoms. The number of furan rings is 1. The van der Waals surface area contributed by atoms with Gasteiger partial charge in [-0.25, -0.2) is 9.37 Å². The fraction of sp³-hybridized carbons (Fsp3) is 0.100. The summed E-state index contributed by atoms with van der Waals surface area (Å²) in [6.45, 7) is 0.143. The molecular weight excluding hydrogens is 367 g/mol. The number of thiazole rings is 1. The van der Waals surface area contributed by atoms with Crippen molar-refractivity contribution in [3.8, 4) is 5.75 Å². The van der Waals surface area contributed by atoms with Crippen molar-refractivity contribution in [2.75, 3.05) is 11.9 Å². The zero-order chi connectivity index (χ0) is 18.8. The molecule has 0 aliphatic rings. The summed E-state index contributed by atoms with van der Waals surface area (Å²) in [7, 11) is 1.66. The number of nitrogens with zero attached hydrogens (tertiary/aromatic N) is 2. The molecule has 0 bridgehead atoms. The zero-order valence-electron chi connectivity index (χ0n) is 14.4. The number of para-hydroxylation sites is 1. The third kappa shape index (κ3) is 3.68. The first kappa shape index (κ1) is 17.2. The molecule has 0 radical (unpaired) electrons. The smallest absolute Gasteiger partial charge is 0.295 e. The first-order chi connectivity index (χ1) is 13.1. The van der Waals surface area contributed by atoms with E-state index in [1.54, 1.807) is 19.2 Å². The van der Waals surface area contributed by atoms with E-state index in [2.05, 4.69) is 4.98 Å². The van der Waals surface area contributed by atoms with Crippen molar-refractivity contribution in [1.29, 1.82) is 0 Å². The third-order valence-electron chi connectivity index (χ3n) is 3.94. The third-order valence-corrected chi connectivity index (χ3v) is 5.05. The number of anilines is 1. The van der Waals surface area contributed by atoms with Gasteiger partial charge in [-0.15, -0.1) is 0 Å². The fourth-order valence-electron chi connectivity index (χ4n) is 2.51. The van der Waals surface area contributed by atoms with Crippen LogP contribution in [-0.4, -0.2) is 17.9 Å². The number of ether oxygens (including phenoxy) is 1. The van der Waals surface area contributed by atoms with E-state index >= 15 is 0 Å². The maximum atomic E-state index is 12.9. The van der Waals surface area contributed by atoms with Crippen LogP contribution in [0.5, 0.6) is 5.75 Å². The molecule has 0 saturated carbocycles. The Labute approximate surface area is 158 Å². The summed E-state index contributed by atoms with van der Waals surface area (Å²) in [5.74, 6) is 0.607. The second-order valence-corrected chi connectivity index (χ2v) is 6.85. The van der Waals surface area contributed by atoms with E-state index in [0.29, 0.717) is 16.6 Å². The van der Waals surface area contributed by atoms with Crippen molar-refractivity contribution in [2.45, 2.75) is 6.61 Å². The first-order valence-electron chi connectivity index (χ1n) is 8.21. The molecule has 0 N–H and O–H groups in total. The maximum absolute atomic E-state index is 12.9. The van der Waals surface area contributed by atoms with Gasteiger partial charge in [-0.1, -0.05) is 23.5 Å². The number of hydrogen-bond acceptors (Lipinski definition) is 5. The first-order valence-corrected chi connectivity index (χ1v) is 9.02. The molecule has 0 atom stereocenters. The average molecular weight is 382 g/mol. The van der Waals surface area contributed by atoms with Gasteiger partial charge in [-0.05, 0) is 48.5 Å². The van der Waals surface area contributed by atoms with Gasteiger partial charge in [0.15, 0.2) is 10.9 Å². The number of benzene rings is 2. The van der Waals surface area contributed by atoms with E-state index < -0.39 is 0 Å². The monoisotopic (exact) mass is 382 g/mol. The van der Waals surface area contributed by atoms with Gasteiger partial charge >= 0.3 is 0 Å². The molecule has 4 rings (SSSR count). The molecule has 0 aliphatic heterocycles. The van der Waals surface area contributed by atoms with Crippen LogP contribution in [0.25, 0.3) is 10.2 Å². The lowest BCUT2D eigenvalue weighted by molar-refractivity contribution is 0.0962. The summed E-state index contributed by atoms with van der Waals surface area (Å²) in [4.78, 5) is 18.6. The second kappa shape index (κ2) is 7.20. The molecule has 136 valence electrons. The molecule has 0 unspecified atom stereocenters. The van der Waals surface area contributed by atoms with E-state index in [9.17, 15) is 9.18 Å². The molecule has 2 aromatic carbocycles. The summed E-state index contributed by atoms with van der Waals surface area (Å²) in [6, 6.07) is 16.7. The summed E-state index contributed by atoms with van der Waals surface area (Å²) in [5, 5.41) is 0.599. The number of fused-ring (bicyclic) bond motifs is 1. The van der Waals surface area contributed by atoms with Crippen molar-refractivity contribution in [3.05, 3.63) is 78.0 Å². The number of carbonyl (C=O) groups excluding carboxylic acids is 1. The highest BCUT2D eigenvalue weighted by Crippen LogP contribution is 2.29. The molecule has 2 heterocycles. The Bertz CT molecular complexity index is 1060. The Morgan fingerprint density at radius 2 is 1.93 bits per heavy atom. The predicted molar refractivity (Wildman–Crippen MR) is 102 cm³/mol. The van der Waals surface area contributed by atoms with Crippen molar-refractivity contribution >= 4 is 32.6 Å². The molecule has 0 aliphatic carbocycles.